The summed E-state index contributed by atoms with van der Waals surface area (Å²) in [6.45, 7) is 22.5. The molecule has 3 atom stereocenters. The van der Waals surface area contributed by atoms with Crippen molar-refractivity contribution in [1.29, 1.82) is 0 Å². The fraction of sp³-hybridized carbons (Fsp3) is 1.00. The maximum Gasteiger partial charge on any atom is 0.0487 e. The van der Waals surface area contributed by atoms with E-state index < -0.39 is 0 Å². The van der Waals surface area contributed by atoms with Crippen LogP contribution in [0.3, 0.4) is 0 Å². The lowest BCUT2D eigenvalue weighted by Crippen LogP contribution is -2.01. The zero-order valence-corrected chi connectivity index (χ0v) is 21.9. The fourth-order valence-electron chi connectivity index (χ4n) is 2.58. The Labute approximate surface area is 180 Å². The van der Waals surface area contributed by atoms with E-state index in [-0.39, 0.29) is 0 Å². The van der Waals surface area contributed by atoms with Gasteiger partial charge < -0.3 is 14.2 Å². The van der Waals surface area contributed by atoms with Gasteiger partial charge >= 0.3 is 0 Å². The molecule has 176 valence electrons. The first-order valence-corrected chi connectivity index (χ1v) is 11.6. The first-order valence-electron chi connectivity index (χ1n) is 11.6. The third-order valence-corrected chi connectivity index (χ3v) is 3.70. The van der Waals surface area contributed by atoms with Crippen molar-refractivity contribution < 1.29 is 14.2 Å². The van der Waals surface area contributed by atoms with E-state index in [4.69, 9.17) is 14.2 Å². The van der Waals surface area contributed by atoms with Crippen LogP contribution in [0, 0.1) is 23.7 Å². The van der Waals surface area contributed by atoms with Crippen molar-refractivity contribution in [3.63, 3.8) is 0 Å². The van der Waals surface area contributed by atoms with E-state index in [1.165, 1.54) is 38.5 Å². The van der Waals surface area contributed by atoms with Gasteiger partial charge in [-0.3, -0.25) is 0 Å². The summed E-state index contributed by atoms with van der Waals surface area (Å²) >= 11 is 0. The average molecular weight is 407 g/mol. The maximum atomic E-state index is 4.96. The van der Waals surface area contributed by atoms with Crippen LogP contribution < -0.4 is 0 Å². The second-order valence-electron chi connectivity index (χ2n) is 8.78. The Balaban J connectivity index is -0.000000141. The van der Waals surface area contributed by atoms with Crippen molar-refractivity contribution in [2.45, 2.75) is 101 Å². The van der Waals surface area contributed by atoms with Gasteiger partial charge in [0.1, 0.15) is 0 Å². The molecule has 0 aliphatic carbocycles. The minimum Gasteiger partial charge on any atom is -0.384 e. The standard InChI is InChI=1S/3C7H16O.C4H10/c3*1-4-5-7(2)6-8-3;1-4(2)3/h3*7H,4-6H2,1-3H3;4H,1-3H3. The van der Waals surface area contributed by atoms with Crippen molar-refractivity contribution in [2.24, 2.45) is 23.7 Å². The molecule has 0 heterocycles. The van der Waals surface area contributed by atoms with Crippen LogP contribution in [-0.4, -0.2) is 41.2 Å². The Bertz CT molecular complexity index is 178. The van der Waals surface area contributed by atoms with E-state index >= 15 is 0 Å². The van der Waals surface area contributed by atoms with E-state index in [1.54, 1.807) is 21.3 Å². The van der Waals surface area contributed by atoms with E-state index in [9.17, 15) is 0 Å². The van der Waals surface area contributed by atoms with Gasteiger partial charge in [0.05, 0.1) is 0 Å². The number of hydrogen-bond donors (Lipinski definition) is 0. The lowest BCUT2D eigenvalue weighted by Gasteiger charge is -2.06. The first-order chi connectivity index (χ1) is 13.2. The molecule has 0 N–H and O–H groups in total. The first kappa shape index (κ1) is 35.3. The Morgan fingerprint density at radius 3 is 0.750 bits per heavy atom. The molecule has 3 unspecified atom stereocenters. The Hall–Kier alpha value is -0.120. The van der Waals surface area contributed by atoms with Crippen molar-refractivity contribution in [3.8, 4) is 0 Å². The van der Waals surface area contributed by atoms with Gasteiger partial charge in [-0.15, -0.1) is 0 Å². The SMILES string of the molecule is CC(C)C.CCCC(C)COC.CCCC(C)COC.CCCC(C)COC. The molecule has 0 fully saturated rings. The largest absolute Gasteiger partial charge is 0.384 e. The number of rotatable bonds is 12. The molecular formula is C25H58O3. The summed E-state index contributed by atoms with van der Waals surface area (Å²) in [6, 6.07) is 0. The van der Waals surface area contributed by atoms with E-state index in [1.807, 2.05) is 0 Å². The lowest BCUT2D eigenvalue weighted by atomic mass is 10.1. The molecule has 0 bridgehead atoms. The van der Waals surface area contributed by atoms with Gasteiger partial charge in [-0.25, -0.2) is 0 Å². The van der Waals surface area contributed by atoms with Crippen LogP contribution in [0.15, 0.2) is 0 Å². The summed E-state index contributed by atoms with van der Waals surface area (Å²) in [4.78, 5) is 0. The fourth-order valence-corrected chi connectivity index (χ4v) is 2.58. The van der Waals surface area contributed by atoms with Crippen molar-refractivity contribution >= 4 is 0 Å². The molecule has 28 heavy (non-hydrogen) atoms. The van der Waals surface area contributed by atoms with E-state index in [0.29, 0.717) is 0 Å². The molecule has 0 radical (unpaired) electrons. The Kier molecular flexibility index (Phi) is 39.8. The van der Waals surface area contributed by atoms with E-state index in [0.717, 1.165) is 43.5 Å². The zero-order valence-electron chi connectivity index (χ0n) is 21.9. The van der Waals surface area contributed by atoms with Crippen LogP contribution >= 0.6 is 0 Å². The normalized spacial score (nSPS) is 13.2. The molecule has 0 saturated heterocycles. The summed E-state index contributed by atoms with van der Waals surface area (Å²) in [5, 5.41) is 0. The van der Waals surface area contributed by atoms with Gasteiger partial charge in [0.25, 0.3) is 0 Å². The molecule has 0 rings (SSSR count). The third-order valence-electron chi connectivity index (χ3n) is 3.70. The number of ether oxygens (including phenoxy) is 3. The zero-order chi connectivity index (χ0) is 22.8. The molecule has 3 heteroatoms. The highest BCUT2D eigenvalue weighted by atomic mass is 16.5. The Morgan fingerprint density at radius 1 is 0.464 bits per heavy atom. The Morgan fingerprint density at radius 2 is 0.643 bits per heavy atom. The average Bonchev–Trinajstić information content (AvgIpc) is 2.57. The summed E-state index contributed by atoms with van der Waals surface area (Å²) < 4.78 is 14.9. The smallest absolute Gasteiger partial charge is 0.0487 e. The van der Waals surface area contributed by atoms with Gasteiger partial charge in [0.15, 0.2) is 0 Å². The van der Waals surface area contributed by atoms with Crippen molar-refractivity contribution in [1.82, 2.24) is 0 Å². The molecule has 0 spiro atoms. The molecule has 0 aliphatic heterocycles. The summed E-state index contributed by atoms with van der Waals surface area (Å²) in [5.74, 6) is 3.06. The topological polar surface area (TPSA) is 27.7 Å². The molecule has 0 aromatic rings. The van der Waals surface area contributed by atoms with Gasteiger partial charge in [-0.1, -0.05) is 81.6 Å². The minimum atomic E-state index is 0.741. The third kappa shape index (κ3) is 50.1. The van der Waals surface area contributed by atoms with Crippen LogP contribution in [-0.2, 0) is 14.2 Å². The maximum absolute atomic E-state index is 4.96. The van der Waals surface area contributed by atoms with Crippen molar-refractivity contribution in [3.05, 3.63) is 0 Å². The monoisotopic (exact) mass is 406 g/mol. The minimum absolute atomic E-state index is 0.741. The summed E-state index contributed by atoms with van der Waals surface area (Å²) in [7, 11) is 5.27. The van der Waals surface area contributed by atoms with Gasteiger partial charge in [0, 0.05) is 41.2 Å². The van der Waals surface area contributed by atoms with E-state index in [2.05, 4.69) is 62.3 Å². The van der Waals surface area contributed by atoms with Crippen LogP contribution in [0.5, 0.6) is 0 Å². The highest BCUT2D eigenvalue weighted by Gasteiger charge is 1.97. The van der Waals surface area contributed by atoms with Gasteiger partial charge in [-0.05, 0) is 42.9 Å². The quantitative estimate of drug-likeness (QED) is 0.330. The molecule has 0 amide bonds. The molecular weight excluding hydrogens is 348 g/mol. The predicted molar refractivity (Wildman–Crippen MR) is 128 cm³/mol. The summed E-state index contributed by atoms with van der Waals surface area (Å²) in [5.41, 5.74) is 0. The lowest BCUT2D eigenvalue weighted by molar-refractivity contribution is 0.155. The molecule has 0 aromatic carbocycles. The van der Waals surface area contributed by atoms with Crippen LogP contribution in [0.1, 0.15) is 101 Å². The summed E-state index contributed by atoms with van der Waals surface area (Å²) in [6.07, 6.45) is 7.66. The van der Waals surface area contributed by atoms with Crippen LogP contribution in [0.2, 0.25) is 0 Å². The highest BCUT2D eigenvalue weighted by molar-refractivity contribution is 4.48. The molecule has 0 saturated carbocycles. The number of methoxy groups -OCH3 is 3. The second-order valence-corrected chi connectivity index (χ2v) is 8.78. The molecule has 0 aliphatic rings. The van der Waals surface area contributed by atoms with Gasteiger partial charge in [-0.2, -0.15) is 0 Å². The van der Waals surface area contributed by atoms with Crippen LogP contribution in [0.25, 0.3) is 0 Å². The van der Waals surface area contributed by atoms with Gasteiger partial charge in [0.2, 0.25) is 0 Å². The van der Waals surface area contributed by atoms with Crippen molar-refractivity contribution in [2.75, 3.05) is 41.2 Å². The molecule has 3 nitrogen and oxygen atoms in total. The second kappa shape index (κ2) is 31.6. The number of hydrogen-bond acceptors (Lipinski definition) is 3. The molecule has 0 aromatic heterocycles. The predicted octanol–water partition coefficient (Wildman–Crippen LogP) is 7.87. The highest BCUT2D eigenvalue weighted by Crippen LogP contribution is 2.04. The van der Waals surface area contributed by atoms with Crippen LogP contribution in [0.4, 0.5) is 0 Å².